The molecule has 1 heterocycles. The molecule has 0 aliphatic carbocycles. The molecule has 1 aromatic rings. The fourth-order valence-corrected chi connectivity index (χ4v) is 2.78. The van der Waals surface area contributed by atoms with Gasteiger partial charge in [0.25, 0.3) is 5.69 Å². The van der Waals surface area contributed by atoms with Gasteiger partial charge in [0.05, 0.1) is 12.0 Å². The summed E-state index contributed by atoms with van der Waals surface area (Å²) in [7, 11) is 1.55. The summed E-state index contributed by atoms with van der Waals surface area (Å²) in [5, 5.41) is 20.4. The number of aliphatic hydroxyl groups excluding tert-OH is 1. The van der Waals surface area contributed by atoms with E-state index < -0.39 is 0 Å². The predicted octanol–water partition coefficient (Wildman–Crippen LogP) is 2.34. The fourth-order valence-electron chi connectivity index (χ4n) is 2.78. The second-order valence-electron chi connectivity index (χ2n) is 4.97. The lowest BCUT2D eigenvalue weighted by Gasteiger charge is -2.37. The number of methoxy groups -OCH3 is 1. The summed E-state index contributed by atoms with van der Waals surface area (Å²) in [6.07, 6.45) is 3.69. The van der Waals surface area contributed by atoms with Crippen LogP contribution in [-0.4, -0.2) is 36.3 Å². The van der Waals surface area contributed by atoms with Crippen molar-refractivity contribution in [2.24, 2.45) is 0 Å². The highest BCUT2D eigenvalue weighted by atomic mass is 16.6. The molecule has 20 heavy (non-hydrogen) atoms. The lowest BCUT2D eigenvalue weighted by atomic mass is 9.98. The molecule has 0 bridgehead atoms. The van der Waals surface area contributed by atoms with E-state index in [2.05, 4.69) is 0 Å². The Kier molecular flexibility index (Phi) is 4.79. The van der Waals surface area contributed by atoms with Gasteiger partial charge in [-0.15, -0.1) is 0 Å². The molecule has 6 heteroatoms. The Balaban J connectivity index is 2.39. The lowest BCUT2D eigenvalue weighted by molar-refractivity contribution is -0.384. The van der Waals surface area contributed by atoms with Crippen LogP contribution >= 0.6 is 0 Å². The topological polar surface area (TPSA) is 75.8 Å². The van der Waals surface area contributed by atoms with Crippen LogP contribution in [0.2, 0.25) is 0 Å². The van der Waals surface area contributed by atoms with E-state index in [1.807, 2.05) is 4.90 Å². The van der Waals surface area contributed by atoms with Crippen LogP contribution in [0, 0.1) is 10.1 Å². The van der Waals surface area contributed by atoms with Gasteiger partial charge in [0, 0.05) is 31.3 Å². The molecule has 110 valence electrons. The molecule has 1 N–H and O–H groups in total. The Morgan fingerprint density at radius 1 is 1.50 bits per heavy atom. The van der Waals surface area contributed by atoms with Crippen molar-refractivity contribution in [2.75, 3.05) is 25.2 Å². The lowest BCUT2D eigenvalue weighted by Crippen LogP contribution is -2.40. The summed E-state index contributed by atoms with van der Waals surface area (Å²) < 4.78 is 5.18. The molecule has 1 aromatic carbocycles. The molecule has 1 unspecified atom stereocenters. The minimum absolute atomic E-state index is 0.0932. The van der Waals surface area contributed by atoms with Crippen molar-refractivity contribution in [3.63, 3.8) is 0 Å². The zero-order valence-corrected chi connectivity index (χ0v) is 11.6. The molecule has 0 radical (unpaired) electrons. The van der Waals surface area contributed by atoms with Gasteiger partial charge in [-0.1, -0.05) is 0 Å². The smallest absolute Gasteiger partial charge is 0.292 e. The van der Waals surface area contributed by atoms with Gasteiger partial charge in [0.1, 0.15) is 11.4 Å². The minimum atomic E-state index is -0.362. The Hall–Kier alpha value is -1.82. The first-order valence-corrected chi connectivity index (χ1v) is 6.87. The van der Waals surface area contributed by atoms with Crippen molar-refractivity contribution >= 4 is 11.4 Å². The largest absolute Gasteiger partial charge is 0.497 e. The average molecular weight is 280 g/mol. The summed E-state index contributed by atoms with van der Waals surface area (Å²) >= 11 is 0. The molecule has 1 aliphatic heterocycles. The summed E-state index contributed by atoms with van der Waals surface area (Å²) in [5.74, 6) is 0.610. The Bertz CT molecular complexity index is 476. The van der Waals surface area contributed by atoms with Crippen molar-refractivity contribution in [1.82, 2.24) is 0 Å². The highest BCUT2D eigenvalue weighted by Gasteiger charge is 2.28. The third kappa shape index (κ3) is 3.01. The van der Waals surface area contributed by atoms with E-state index in [9.17, 15) is 15.2 Å². The highest BCUT2D eigenvalue weighted by Crippen LogP contribution is 2.36. The Labute approximate surface area is 118 Å². The van der Waals surface area contributed by atoms with E-state index in [-0.39, 0.29) is 23.3 Å². The molecule has 2 rings (SSSR count). The Morgan fingerprint density at radius 3 is 2.95 bits per heavy atom. The van der Waals surface area contributed by atoms with Gasteiger partial charge in [-0.2, -0.15) is 0 Å². The van der Waals surface area contributed by atoms with Gasteiger partial charge >= 0.3 is 0 Å². The third-order valence-electron chi connectivity index (χ3n) is 3.78. The second kappa shape index (κ2) is 6.56. The van der Waals surface area contributed by atoms with Crippen LogP contribution in [0.3, 0.4) is 0 Å². The number of nitrogens with zero attached hydrogens (tertiary/aromatic N) is 2. The van der Waals surface area contributed by atoms with Crippen LogP contribution in [0.4, 0.5) is 11.4 Å². The number of piperidine rings is 1. The molecular formula is C14H20N2O4. The molecule has 0 saturated carbocycles. The summed E-state index contributed by atoms with van der Waals surface area (Å²) in [6, 6.07) is 4.96. The van der Waals surface area contributed by atoms with Crippen molar-refractivity contribution in [3.8, 4) is 5.75 Å². The van der Waals surface area contributed by atoms with Gasteiger partial charge in [0.15, 0.2) is 0 Å². The highest BCUT2D eigenvalue weighted by molar-refractivity contribution is 5.66. The van der Waals surface area contributed by atoms with E-state index in [0.717, 1.165) is 25.8 Å². The zero-order chi connectivity index (χ0) is 14.5. The van der Waals surface area contributed by atoms with Crippen molar-refractivity contribution in [2.45, 2.75) is 31.7 Å². The third-order valence-corrected chi connectivity index (χ3v) is 3.78. The van der Waals surface area contributed by atoms with Gasteiger partial charge in [0.2, 0.25) is 0 Å². The van der Waals surface area contributed by atoms with Crippen LogP contribution in [0.25, 0.3) is 0 Å². The molecule has 1 saturated heterocycles. The molecule has 1 atom stereocenters. The van der Waals surface area contributed by atoms with Gasteiger partial charge in [-0.25, -0.2) is 0 Å². The van der Waals surface area contributed by atoms with E-state index in [1.54, 1.807) is 19.2 Å². The quantitative estimate of drug-likeness (QED) is 0.662. The number of nitro benzene ring substituents is 1. The predicted molar refractivity (Wildman–Crippen MR) is 76.3 cm³/mol. The molecule has 1 fully saturated rings. The summed E-state index contributed by atoms with van der Waals surface area (Å²) in [4.78, 5) is 12.9. The summed E-state index contributed by atoms with van der Waals surface area (Å²) in [5.41, 5.74) is 0.683. The molecule has 0 spiro atoms. The standard InChI is InChI=1S/C14H20N2O4/c1-20-12-5-6-13(16(18)19)14(10-12)15-8-3-2-4-11(15)7-9-17/h5-6,10-11,17H,2-4,7-9H2,1H3. The first-order valence-electron chi connectivity index (χ1n) is 6.87. The van der Waals surface area contributed by atoms with Crippen molar-refractivity contribution in [1.29, 1.82) is 0 Å². The summed E-state index contributed by atoms with van der Waals surface area (Å²) in [6.45, 7) is 0.873. The maximum atomic E-state index is 11.2. The number of nitro groups is 1. The van der Waals surface area contributed by atoms with Gasteiger partial charge in [-0.3, -0.25) is 10.1 Å². The molecule has 1 aliphatic rings. The van der Waals surface area contributed by atoms with E-state index in [0.29, 0.717) is 17.9 Å². The SMILES string of the molecule is COc1ccc([N+](=O)[O-])c(N2CCCCC2CCO)c1. The van der Waals surface area contributed by atoms with Crippen LogP contribution in [0.15, 0.2) is 18.2 Å². The maximum Gasteiger partial charge on any atom is 0.292 e. The van der Waals surface area contributed by atoms with E-state index >= 15 is 0 Å². The fraction of sp³-hybridized carbons (Fsp3) is 0.571. The average Bonchev–Trinajstić information content (AvgIpc) is 2.47. The van der Waals surface area contributed by atoms with E-state index in [4.69, 9.17) is 4.74 Å². The number of aliphatic hydroxyl groups is 1. The maximum absolute atomic E-state index is 11.2. The number of hydrogen-bond donors (Lipinski definition) is 1. The van der Waals surface area contributed by atoms with Crippen LogP contribution < -0.4 is 9.64 Å². The number of ether oxygens (including phenoxy) is 1. The normalized spacial score (nSPS) is 18.9. The van der Waals surface area contributed by atoms with Crippen molar-refractivity contribution in [3.05, 3.63) is 28.3 Å². The molecular weight excluding hydrogens is 260 g/mol. The van der Waals surface area contributed by atoms with Gasteiger partial charge < -0.3 is 14.7 Å². The van der Waals surface area contributed by atoms with E-state index in [1.165, 1.54) is 6.07 Å². The number of hydrogen-bond acceptors (Lipinski definition) is 5. The Morgan fingerprint density at radius 2 is 2.30 bits per heavy atom. The second-order valence-corrected chi connectivity index (χ2v) is 4.97. The van der Waals surface area contributed by atoms with Crippen molar-refractivity contribution < 1.29 is 14.8 Å². The number of benzene rings is 1. The number of rotatable bonds is 5. The number of anilines is 1. The van der Waals surface area contributed by atoms with Gasteiger partial charge in [-0.05, 0) is 31.7 Å². The zero-order valence-electron chi connectivity index (χ0n) is 11.6. The molecule has 0 amide bonds. The molecule has 0 aromatic heterocycles. The van der Waals surface area contributed by atoms with Crippen LogP contribution in [-0.2, 0) is 0 Å². The van der Waals surface area contributed by atoms with Crippen LogP contribution in [0.1, 0.15) is 25.7 Å². The minimum Gasteiger partial charge on any atom is -0.497 e. The first-order chi connectivity index (χ1) is 9.67. The molecule has 6 nitrogen and oxygen atoms in total. The van der Waals surface area contributed by atoms with Crippen LogP contribution in [0.5, 0.6) is 5.75 Å². The monoisotopic (exact) mass is 280 g/mol. The first kappa shape index (κ1) is 14.6.